The quantitative estimate of drug-likeness (QED) is 0.627. The van der Waals surface area contributed by atoms with Gasteiger partial charge in [0.15, 0.2) is 0 Å². The zero-order chi connectivity index (χ0) is 11.8. The average Bonchev–Trinajstić information content (AvgIpc) is 2.74. The summed E-state index contributed by atoms with van der Waals surface area (Å²) in [6, 6.07) is -0.463. The lowest BCUT2D eigenvalue weighted by Crippen LogP contribution is -2.49. The molecular weight excluding hydrogens is 210 g/mol. The van der Waals surface area contributed by atoms with Crippen molar-refractivity contribution in [1.82, 2.24) is 15.5 Å². The molecular formula is C10H15N3O3. The van der Waals surface area contributed by atoms with Crippen LogP contribution in [0.3, 0.4) is 0 Å². The van der Waals surface area contributed by atoms with Gasteiger partial charge in [-0.05, 0) is 12.8 Å². The number of rotatable bonds is 2. The SMILES string of the molecule is CCCC(=O)N1CCC2(C1)NC(=O)NC2=O. The van der Waals surface area contributed by atoms with Crippen molar-refractivity contribution in [3.8, 4) is 0 Å². The van der Waals surface area contributed by atoms with Crippen molar-refractivity contribution in [2.75, 3.05) is 13.1 Å². The number of hydrogen-bond donors (Lipinski definition) is 2. The maximum absolute atomic E-state index is 11.7. The molecule has 4 amide bonds. The molecule has 2 N–H and O–H groups in total. The Kier molecular flexibility index (Phi) is 2.57. The van der Waals surface area contributed by atoms with Gasteiger partial charge in [0.2, 0.25) is 5.91 Å². The molecule has 2 heterocycles. The van der Waals surface area contributed by atoms with Crippen molar-refractivity contribution in [1.29, 1.82) is 0 Å². The standard InChI is InChI=1S/C10H15N3O3/c1-2-3-7(14)13-5-4-10(6-13)8(15)11-9(16)12-10/h2-6H2,1H3,(H2,11,12,15,16). The molecule has 0 aromatic rings. The van der Waals surface area contributed by atoms with Gasteiger partial charge in [-0.1, -0.05) is 6.92 Å². The Balaban J connectivity index is 2.05. The predicted octanol–water partition coefficient (Wildman–Crippen LogP) is -0.403. The van der Waals surface area contributed by atoms with Gasteiger partial charge in [0.25, 0.3) is 5.91 Å². The van der Waals surface area contributed by atoms with E-state index in [1.807, 2.05) is 6.92 Å². The Morgan fingerprint density at radius 1 is 1.50 bits per heavy atom. The normalized spacial score (nSPS) is 28.4. The second kappa shape index (κ2) is 3.77. The van der Waals surface area contributed by atoms with Gasteiger partial charge in [-0.15, -0.1) is 0 Å². The van der Waals surface area contributed by atoms with E-state index in [-0.39, 0.29) is 11.8 Å². The molecule has 88 valence electrons. The molecule has 2 aliphatic rings. The van der Waals surface area contributed by atoms with Crippen LogP contribution in [0.25, 0.3) is 0 Å². The summed E-state index contributed by atoms with van der Waals surface area (Å²) in [5, 5.41) is 4.83. The molecule has 0 saturated carbocycles. The monoisotopic (exact) mass is 225 g/mol. The van der Waals surface area contributed by atoms with Crippen LogP contribution in [0.1, 0.15) is 26.2 Å². The van der Waals surface area contributed by atoms with Crippen molar-refractivity contribution in [2.24, 2.45) is 0 Å². The van der Waals surface area contributed by atoms with Crippen molar-refractivity contribution < 1.29 is 14.4 Å². The third-order valence-corrected chi connectivity index (χ3v) is 3.10. The molecule has 2 rings (SSSR count). The number of imide groups is 1. The molecule has 16 heavy (non-hydrogen) atoms. The third kappa shape index (κ3) is 1.64. The molecule has 2 saturated heterocycles. The van der Waals surface area contributed by atoms with Crippen LogP contribution >= 0.6 is 0 Å². The Bertz CT molecular complexity index is 355. The van der Waals surface area contributed by atoms with E-state index in [0.717, 1.165) is 6.42 Å². The fraction of sp³-hybridized carbons (Fsp3) is 0.700. The van der Waals surface area contributed by atoms with Crippen LogP contribution in [0.5, 0.6) is 0 Å². The van der Waals surface area contributed by atoms with Gasteiger partial charge in [-0.3, -0.25) is 14.9 Å². The number of nitrogens with zero attached hydrogens (tertiary/aromatic N) is 1. The van der Waals surface area contributed by atoms with E-state index in [2.05, 4.69) is 10.6 Å². The molecule has 0 aliphatic carbocycles. The number of likely N-dealkylation sites (tertiary alicyclic amines) is 1. The molecule has 0 aromatic heterocycles. The Hall–Kier alpha value is -1.59. The zero-order valence-corrected chi connectivity index (χ0v) is 9.21. The van der Waals surface area contributed by atoms with Gasteiger partial charge in [0.1, 0.15) is 5.54 Å². The summed E-state index contributed by atoms with van der Waals surface area (Å²) in [4.78, 5) is 36.0. The molecule has 1 spiro atoms. The van der Waals surface area contributed by atoms with E-state index in [1.54, 1.807) is 4.90 Å². The van der Waals surface area contributed by atoms with E-state index in [1.165, 1.54) is 0 Å². The van der Waals surface area contributed by atoms with Crippen LogP contribution in [-0.4, -0.2) is 41.4 Å². The predicted molar refractivity (Wildman–Crippen MR) is 55.5 cm³/mol. The summed E-state index contributed by atoms with van der Waals surface area (Å²) in [6.07, 6.45) is 1.78. The first-order valence-electron chi connectivity index (χ1n) is 5.49. The van der Waals surface area contributed by atoms with E-state index in [0.29, 0.717) is 25.9 Å². The summed E-state index contributed by atoms with van der Waals surface area (Å²) in [6.45, 7) is 2.77. The highest BCUT2D eigenvalue weighted by Gasteiger charge is 2.51. The summed E-state index contributed by atoms with van der Waals surface area (Å²) in [5.41, 5.74) is -0.875. The molecule has 2 aliphatic heterocycles. The van der Waals surface area contributed by atoms with Gasteiger partial charge in [-0.25, -0.2) is 4.79 Å². The number of urea groups is 1. The molecule has 2 fully saturated rings. The number of carbonyl (C=O) groups excluding carboxylic acids is 3. The van der Waals surface area contributed by atoms with Crippen LogP contribution in [0.4, 0.5) is 4.79 Å². The Morgan fingerprint density at radius 2 is 2.25 bits per heavy atom. The number of nitrogens with one attached hydrogen (secondary N) is 2. The van der Waals surface area contributed by atoms with E-state index in [9.17, 15) is 14.4 Å². The first kappa shape index (κ1) is 10.9. The highest BCUT2D eigenvalue weighted by Crippen LogP contribution is 2.25. The highest BCUT2D eigenvalue weighted by atomic mass is 16.2. The van der Waals surface area contributed by atoms with Crippen molar-refractivity contribution >= 4 is 17.8 Å². The van der Waals surface area contributed by atoms with Crippen LogP contribution in [0, 0.1) is 0 Å². The van der Waals surface area contributed by atoms with Gasteiger partial charge >= 0.3 is 6.03 Å². The van der Waals surface area contributed by atoms with Crippen LogP contribution in [0.2, 0.25) is 0 Å². The third-order valence-electron chi connectivity index (χ3n) is 3.10. The van der Waals surface area contributed by atoms with E-state index in [4.69, 9.17) is 0 Å². The van der Waals surface area contributed by atoms with Crippen molar-refractivity contribution in [3.63, 3.8) is 0 Å². The Labute approximate surface area is 93.4 Å². The Morgan fingerprint density at radius 3 is 2.81 bits per heavy atom. The van der Waals surface area contributed by atoms with Gasteiger partial charge < -0.3 is 10.2 Å². The first-order chi connectivity index (χ1) is 7.57. The number of hydrogen-bond acceptors (Lipinski definition) is 3. The number of carbonyl (C=O) groups is 3. The fourth-order valence-electron chi connectivity index (χ4n) is 2.21. The molecule has 1 atom stereocenters. The van der Waals surface area contributed by atoms with Gasteiger partial charge in [-0.2, -0.15) is 0 Å². The minimum atomic E-state index is -0.875. The molecule has 0 aromatic carbocycles. The van der Waals surface area contributed by atoms with Gasteiger partial charge in [0, 0.05) is 13.0 Å². The lowest BCUT2D eigenvalue weighted by Gasteiger charge is -2.20. The zero-order valence-electron chi connectivity index (χ0n) is 9.21. The summed E-state index contributed by atoms with van der Waals surface area (Å²) < 4.78 is 0. The molecule has 0 bridgehead atoms. The maximum Gasteiger partial charge on any atom is 0.322 e. The highest BCUT2D eigenvalue weighted by molar-refractivity contribution is 6.07. The largest absolute Gasteiger partial charge is 0.340 e. The van der Waals surface area contributed by atoms with Crippen molar-refractivity contribution in [3.05, 3.63) is 0 Å². The molecule has 1 unspecified atom stereocenters. The molecule has 0 radical (unpaired) electrons. The van der Waals surface area contributed by atoms with Crippen LogP contribution < -0.4 is 10.6 Å². The van der Waals surface area contributed by atoms with Crippen LogP contribution in [0.15, 0.2) is 0 Å². The van der Waals surface area contributed by atoms with Crippen LogP contribution in [-0.2, 0) is 9.59 Å². The average molecular weight is 225 g/mol. The van der Waals surface area contributed by atoms with E-state index < -0.39 is 11.6 Å². The summed E-state index contributed by atoms with van der Waals surface area (Å²) in [7, 11) is 0. The first-order valence-corrected chi connectivity index (χ1v) is 5.49. The van der Waals surface area contributed by atoms with Gasteiger partial charge in [0.05, 0.1) is 6.54 Å². The lowest BCUT2D eigenvalue weighted by atomic mass is 9.99. The smallest absolute Gasteiger partial charge is 0.322 e. The number of amides is 4. The minimum Gasteiger partial charge on any atom is -0.340 e. The minimum absolute atomic E-state index is 0.0494. The summed E-state index contributed by atoms with van der Waals surface area (Å²) in [5.74, 6) is -0.266. The lowest BCUT2D eigenvalue weighted by molar-refractivity contribution is -0.130. The topological polar surface area (TPSA) is 78.5 Å². The molecule has 6 heteroatoms. The second-order valence-electron chi connectivity index (χ2n) is 4.31. The summed E-state index contributed by atoms with van der Waals surface area (Å²) >= 11 is 0. The molecule has 6 nitrogen and oxygen atoms in total. The maximum atomic E-state index is 11.7. The second-order valence-corrected chi connectivity index (χ2v) is 4.31. The van der Waals surface area contributed by atoms with E-state index >= 15 is 0 Å². The van der Waals surface area contributed by atoms with Crippen molar-refractivity contribution in [2.45, 2.75) is 31.7 Å². The fourth-order valence-corrected chi connectivity index (χ4v) is 2.21.